The van der Waals surface area contributed by atoms with E-state index in [-0.39, 0.29) is 27.6 Å². The predicted molar refractivity (Wildman–Crippen MR) is 133 cm³/mol. The van der Waals surface area contributed by atoms with Gasteiger partial charge in [-0.25, -0.2) is 9.59 Å². The Labute approximate surface area is 213 Å². The summed E-state index contributed by atoms with van der Waals surface area (Å²) in [5.41, 5.74) is 0.793. The topological polar surface area (TPSA) is 126 Å². The monoisotopic (exact) mass is 529 g/mol. The molecule has 2 aromatic heterocycles. The van der Waals surface area contributed by atoms with E-state index >= 15 is 0 Å². The molecule has 0 atom stereocenters. The van der Waals surface area contributed by atoms with Gasteiger partial charge in [0.05, 0.1) is 27.8 Å². The first kappa shape index (κ1) is 24.4. The van der Waals surface area contributed by atoms with Gasteiger partial charge >= 0.3 is 12.0 Å². The molecule has 9 nitrogen and oxygen atoms in total. The lowest BCUT2D eigenvalue weighted by molar-refractivity contribution is 0.0702. The fourth-order valence-electron chi connectivity index (χ4n) is 3.28. The standard InChI is InChI=1S/C23H17Cl2N5O4S/c1-12-28-29-19(11-26-23(34)27-17-9-5-4-8-16(17)25)30(12)21-14(10-18(35-21)22(32)33)20(31)13-6-2-3-7-15(13)24/h2-10H,11H2,1H3,(H,32,33)(H2,26,27,34). The lowest BCUT2D eigenvalue weighted by Crippen LogP contribution is -2.29. The van der Waals surface area contributed by atoms with Crippen LogP contribution >= 0.6 is 34.5 Å². The van der Waals surface area contributed by atoms with Crippen LogP contribution in [0.5, 0.6) is 0 Å². The van der Waals surface area contributed by atoms with E-state index in [0.29, 0.717) is 27.4 Å². The summed E-state index contributed by atoms with van der Waals surface area (Å²) in [6.07, 6.45) is 0. The predicted octanol–water partition coefficient (Wildman–Crippen LogP) is 5.19. The second-order valence-electron chi connectivity index (χ2n) is 7.23. The molecule has 0 unspecified atom stereocenters. The lowest BCUT2D eigenvalue weighted by Gasteiger charge is -2.11. The number of aryl methyl sites for hydroxylation is 1. The number of hydrogen-bond acceptors (Lipinski definition) is 6. The first-order valence-corrected chi connectivity index (χ1v) is 11.7. The minimum Gasteiger partial charge on any atom is -0.477 e. The number of aromatic carboxylic acids is 1. The van der Waals surface area contributed by atoms with Gasteiger partial charge in [0.2, 0.25) is 0 Å². The molecule has 0 radical (unpaired) electrons. The fourth-order valence-corrected chi connectivity index (χ4v) is 4.75. The van der Waals surface area contributed by atoms with Gasteiger partial charge in [-0.3, -0.25) is 9.36 Å². The number of benzene rings is 2. The molecule has 2 heterocycles. The van der Waals surface area contributed by atoms with Gasteiger partial charge < -0.3 is 15.7 Å². The van der Waals surface area contributed by atoms with Crippen molar-refractivity contribution in [3.8, 4) is 5.00 Å². The maximum absolute atomic E-state index is 13.3. The van der Waals surface area contributed by atoms with E-state index in [1.54, 1.807) is 55.5 Å². The largest absolute Gasteiger partial charge is 0.477 e. The fraction of sp³-hybridized carbons (Fsp3) is 0.0870. The smallest absolute Gasteiger partial charge is 0.345 e. The minimum absolute atomic E-state index is 0.0427. The Balaban J connectivity index is 1.66. The molecule has 0 saturated heterocycles. The van der Waals surface area contributed by atoms with Crippen LogP contribution < -0.4 is 10.6 Å². The zero-order valence-corrected chi connectivity index (χ0v) is 20.4. The number of halogens is 2. The number of urea groups is 1. The average molecular weight is 530 g/mol. The van der Waals surface area contributed by atoms with Crippen molar-refractivity contribution in [2.24, 2.45) is 0 Å². The number of thiophene rings is 1. The number of amides is 2. The molecular formula is C23H17Cl2N5O4S. The van der Waals surface area contributed by atoms with Crippen LogP contribution in [0.2, 0.25) is 10.0 Å². The molecule has 35 heavy (non-hydrogen) atoms. The molecular weight excluding hydrogens is 513 g/mol. The van der Waals surface area contributed by atoms with Crippen LogP contribution in [0.4, 0.5) is 10.5 Å². The van der Waals surface area contributed by atoms with E-state index < -0.39 is 17.8 Å². The van der Waals surface area contributed by atoms with Gasteiger partial charge in [-0.15, -0.1) is 21.5 Å². The van der Waals surface area contributed by atoms with Crippen LogP contribution in [0, 0.1) is 6.92 Å². The number of para-hydroxylation sites is 1. The summed E-state index contributed by atoms with van der Waals surface area (Å²) < 4.78 is 1.54. The summed E-state index contributed by atoms with van der Waals surface area (Å²) in [5.74, 6) is -0.930. The van der Waals surface area contributed by atoms with Gasteiger partial charge in [0, 0.05) is 5.56 Å². The van der Waals surface area contributed by atoms with Crippen LogP contribution in [0.15, 0.2) is 54.6 Å². The Morgan fingerprint density at radius 1 is 1.00 bits per heavy atom. The maximum atomic E-state index is 13.3. The van der Waals surface area contributed by atoms with Crippen LogP contribution in [0.1, 0.15) is 37.2 Å². The third kappa shape index (κ3) is 5.19. The first-order valence-electron chi connectivity index (χ1n) is 10.1. The van der Waals surface area contributed by atoms with Gasteiger partial charge in [0.25, 0.3) is 0 Å². The lowest BCUT2D eigenvalue weighted by atomic mass is 10.0. The number of rotatable bonds is 7. The van der Waals surface area contributed by atoms with E-state index in [1.807, 2.05) is 0 Å². The van der Waals surface area contributed by atoms with Crippen molar-refractivity contribution in [1.82, 2.24) is 20.1 Å². The normalized spacial score (nSPS) is 10.7. The highest BCUT2D eigenvalue weighted by molar-refractivity contribution is 7.16. The number of anilines is 1. The van der Waals surface area contributed by atoms with Gasteiger partial charge in [0.1, 0.15) is 15.7 Å². The number of aromatic nitrogens is 3. The summed E-state index contributed by atoms with van der Waals surface area (Å²) in [6, 6.07) is 14.0. The third-order valence-corrected chi connectivity index (χ3v) is 6.68. The SMILES string of the molecule is Cc1nnc(CNC(=O)Nc2ccccc2Cl)n1-c1sc(C(=O)O)cc1C(=O)c1ccccc1Cl. The van der Waals surface area contributed by atoms with E-state index in [0.717, 1.165) is 11.3 Å². The van der Waals surface area contributed by atoms with E-state index in [9.17, 15) is 19.5 Å². The number of hydrogen-bond donors (Lipinski definition) is 3. The van der Waals surface area contributed by atoms with Crippen LogP contribution in [0.3, 0.4) is 0 Å². The van der Waals surface area contributed by atoms with Crippen LogP contribution in [-0.4, -0.2) is 37.7 Å². The number of carboxylic acids is 1. The first-order chi connectivity index (χ1) is 16.8. The highest BCUT2D eigenvalue weighted by Gasteiger charge is 2.26. The van der Waals surface area contributed by atoms with Crippen LogP contribution in [0.25, 0.3) is 5.00 Å². The molecule has 0 bridgehead atoms. The molecule has 2 amide bonds. The molecule has 2 aromatic carbocycles. The molecule has 12 heteroatoms. The Hall–Kier alpha value is -3.73. The van der Waals surface area contributed by atoms with Gasteiger partial charge in [-0.2, -0.15) is 0 Å². The van der Waals surface area contributed by atoms with Crippen molar-refractivity contribution < 1.29 is 19.5 Å². The zero-order chi connectivity index (χ0) is 25.1. The van der Waals surface area contributed by atoms with Gasteiger partial charge in [-0.1, -0.05) is 47.5 Å². The molecule has 178 valence electrons. The molecule has 0 aliphatic carbocycles. The number of carbonyl (C=O) groups excluding carboxylic acids is 2. The number of carboxylic acid groups (broad SMARTS) is 1. The van der Waals surface area contributed by atoms with E-state index in [4.69, 9.17) is 23.2 Å². The van der Waals surface area contributed by atoms with E-state index in [1.165, 1.54) is 10.6 Å². The Kier molecular flexibility index (Phi) is 7.15. The van der Waals surface area contributed by atoms with E-state index in [2.05, 4.69) is 20.8 Å². The van der Waals surface area contributed by atoms with Crippen LogP contribution in [-0.2, 0) is 6.54 Å². The second kappa shape index (κ2) is 10.3. The second-order valence-corrected chi connectivity index (χ2v) is 9.08. The number of ketones is 1. The molecule has 0 fully saturated rings. The maximum Gasteiger partial charge on any atom is 0.345 e. The summed E-state index contributed by atoms with van der Waals surface area (Å²) >= 11 is 13.2. The molecule has 0 aliphatic rings. The zero-order valence-electron chi connectivity index (χ0n) is 18.1. The van der Waals surface area contributed by atoms with Crippen molar-refractivity contribution in [1.29, 1.82) is 0 Å². The van der Waals surface area contributed by atoms with Gasteiger partial charge in [-0.05, 0) is 37.3 Å². The molecule has 0 aliphatic heterocycles. The summed E-state index contributed by atoms with van der Waals surface area (Å²) in [5, 5.41) is 23.9. The van der Waals surface area contributed by atoms with Crippen molar-refractivity contribution in [3.63, 3.8) is 0 Å². The summed E-state index contributed by atoms with van der Waals surface area (Å²) in [7, 11) is 0. The molecule has 4 rings (SSSR count). The third-order valence-electron chi connectivity index (χ3n) is 4.91. The highest BCUT2D eigenvalue weighted by Crippen LogP contribution is 2.32. The van der Waals surface area contributed by atoms with Gasteiger partial charge in [0.15, 0.2) is 11.6 Å². The number of carbonyl (C=O) groups is 3. The summed E-state index contributed by atoms with van der Waals surface area (Å²) in [6.45, 7) is 1.60. The Bertz CT molecular complexity index is 1450. The highest BCUT2D eigenvalue weighted by atomic mass is 35.5. The molecule has 0 spiro atoms. The average Bonchev–Trinajstić information content (AvgIpc) is 3.42. The van der Waals surface area contributed by atoms with Crippen molar-refractivity contribution >= 4 is 58.0 Å². The Morgan fingerprint density at radius 3 is 2.37 bits per heavy atom. The molecule has 0 saturated carbocycles. The number of nitrogens with zero attached hydrogens (tertiary/aromatic N) is 3. The van der Waals surface area contributed by atoms with Crippen molar-refractivity contribution in [2.45, 2.75) is 13.5 Å². The van der Waals surface area contributed by atoms with Crippen molar-refractivity contribution in [3.05, 3.63) is 92.3 Å². The quantitative estimate of drug-likeness (QED) is 0.282. The molecule has 3 N–H and O–H groups in total. The van der Waals surface area contributed by atoms with Crippen molar-refractivity contribution in [2.75, 3.05) is 5.32 Å². The minimum atomic E-state index is -1.18. The summed E-state index contributed by atoms with van der Waals surface area (Å²) in [4.78, 5) is 37.4. The molecule has 4 aromatic rings. The number of nitrogens with one attached hydrogen (secondary N) is 2. The Morgan fingerprint density at radius 2 is 1.69 bits per heavy atom.